The van der Waals surface area contributed by atoms with Crippen molar-refractivity contribution in [3.8, 4) is 6.07 Å². The summed E-state index contributed by atoms with van der Waals surface area (Å²) in [6.07, 6.45) is 6.88. The second-order valence-corrected chi connectivity index (χ2v) is 6.72. The van der Waals surface area contributed by atoms with Gasteiger partial charge in [-0.25, -0.2) is 0 Å². The lowest BCUT2D eigenvalue weighted by atomic mass is 9.87. The zero-order valence-corrected chi connectivity index (χ0v) is 13.8. The van der Waals surface area contributed by atoms with Gasteiger partial charge in [-0.05, 0) is 41.0 Å². The third-order valence-electron chi connectivity index (χ3n) is 3.80. The molecule has 1 fully saturated rings. The first-order chi connectivity index (χ1) is 10.2. The molecule has 1 atom stereocenters. The lowest BCUT2D eigenvalue weighted by Crippen LogP contribution is -2.43. The van der Waals surface area contributed by atoms with Crippen molar-refractivity contribution in [2.45, 2.75) is 37.4 Å². The van der Waals surface area contributed by atoms with Crippen LogP contribution in [0.1, 0.15) is 24.8 Å². The van der Waals surface area contributed by atoms with Crippen molar-refractivity contribution < 1.29 is 0 Å². The molecule has 1 unspecified atom stereocenters. The summed E-state index contributed by atoms with van der Waals surface area (Å²) in [6, 6.07) is 13.0. The van der Waals surface area contributed by atoms with E-state index in [2.05, 4.69) is 39.1 Å². The van der Waals surface area contributed by atoms with Crippen LogP contribution >= 0.6 is 22.6 Å². The summed E-state index contributed by atoms with van der Waals surface area (Å²) < 4.78 is 3.02. The molecule has 5 heteroatoms. The van der Waals surface area contributed by atoms with Crippen molar-refractivity contribution in [1.29, 1.82) is 5.26 Å². The molecule has 1 saturated carbocycles. The van der Waals surface area contributed by atoms with Gasteiger partial charge in [-0.2, -0.15) is 10.4 Å². The molecule has 1 aromatic heterocycles. The predicted octanol–water partition coefficient (Wildman–Crippen LogP) is 3.05. The van der Waals surface area contributed by atoms with E-state index in [4.69, 9.17) is 0 Å². The minimum absolute atomic E-state index is 0.475. The Morgan fingerprint density at radius 1 is 1.38 bits per heavy atom. The van der Waals surface area contributed by atoms with Gasteiger partial charge >= 0.3 is 0 Å². The molecule has 21 heavy (non-hydrogen) atoms. The molecule has 0 bridgehead atoms. The van der Waals surface area contributed by atoms with Crippen molar-refractivity contribution in [3.05, 3.63) is 51.9 Å². The number of rotatable bonds is 6. The van der Waals surface area contributed by atoms with E-state index >= 15 is 0 Å². The number of nitriles is 1. The number of hydrogen-bond acceptors (Lipinski definition) is 3. The van der Waals surface area contributed by atoms with Gasteiger partial charge in [0.1, 0.15) is 5.54 Å². The topological polar surface area (TPSA) is 53.6 Å². The highest BCUT2D eigenvalue weighted by Crippen LogP contribution is 2.31. The molecule has 3 rings (SSSR count). The summed E-state index contributed by atoms with van der Waals surface area (Å²) in [5.74, 6) is 0. The van der Waals surface area contributed by atoms with Gasteiger partial charge < -0.3 is 0 Å². The molecule has 1 aliphatic rings. The molecule has 0 radical (unpaired) electrons. The summed E-state index contributed by atoms with van der Waals surface area (Å²) in [7, 11) is 0. The van der Waals surface area contributed by atoms with Crippen LogP contribution in [0.5, 0.6) is 0 Å². The fourth-order valence-corrected chi connectivity index (χ4v) is 2.94. The third-order valence-corrected chi connectivity index (χ3v) is 4.36. The van der Waals surface area contributed by atoms with Crippen LogP contribution in [-0.2, 0) is 12.1 Å². The number of aromatic nitrogens is 2. The number of halogens is 1. The molecule has 1 aliphatic carbocycles. The SMILES string of the molecule is N#CC(CCn1cc(I)cn1)(NC1CC1)c1ccccc1. The molecule has 0 amide bonds. The maximum absolute atomic E-state index is 9.85. The van der Waals surface area contributed by atoms with Crippen LogP contribution in [0, 0.1) is 14.9 Å². The number of nitrogens with zero attached hydrogens (tertiary/aromatic N) is 3. The Kier molecular flexibility index (Phi) is 4.27. The molecule has 1 N–H and O–H groups in total. The van der Waals surface area contributed by atoms with Gasteiger partial charge in [0.05, 0.1) is 15.8 Å². The summed E-state index contributed by atoms with van der Waals surface area (Å²) in [5, 5.41) is 17.7. The standard InChI is InChI=1S/C16H17IN4/c17-14-10-19-21(11-14)9-8-16(12-18,20-15-6-7-15)13-4-2-1-3-5-13/h1-5,10-11,15,20H,6-9H2. The molecular formula is C16H17IN4. The summed E-state index contributed by atoms with van der Waals surface area (Å²) in [6.45, 7) is 0.727. The molecular weight excluding hydrogens is 375 g/mol. The van der Waals surface area contributed by atoms with Crippen LogP contribution in [0.25, 0.3) is 0 Å². The molecule has 0 aliphatic heterocycles. The van der Waals surface area contributed by atoms with Crippen molar-refractivity contribution in [1.82, 2.24) is 15.1 Å². The van der Waals surface area contributed by atoms with E-state index in [1.165, 1.54) is 0 Å². The smallest absolute Gasteiger partial charge is 0.134 e. The van der Waals surface area contributed by atoms with Gasteiger partial charge in [-0.3, -0.25) is 10.00 Å². The zero-order valence-electron chi connectivity index (χ0n) is 11.7. The average molecular weight is 392 g/mol. The first-order valence-electron chi connectivity index (χ1n) is 7.14. The Hall–Kier alpha value is -1.39. The van der Waals surface area contributed by atoms with Crippen LogP contribution < -0.4 is 5.32 Å². The number of hydrogen-bond donors (Lipinski definition) is 1. The molecule has 1 heterocycles. The van der Waals surface area contributed by atoms with Crippen LogP contribution in [0.2, 0.25) is 0 Å². The monoisotopic (exact) mass is 392 g/mol. The van der Waals surface area contributed by atoms with E-state index in [1.54, 1.807) is 0 Å². The van der Waals surface area contributed by atoms with E-state index in [-0.39, 0.29) is 0 Å². The molecule has 0 saturated heterocycles. The van der Waals surface area contributed by atoms with E-state index in [9.17, 15) is 5.26 Å². The average Bonchev–Trinajstić information content (AvgIpc) is 3.24. The van der Waals surface area contributed by atoms with E-state index < -0.39 is 5.54 Å². The summed E-state index contributed by atoms with van der Waals surface area (Å²) in [5.41, 5.74) is 0.418. The van der Waals surface area contributed by atoms with Gasteiger partial charge in [0.25, 0.3) is 0 Å². The quantitative estimate of drug-likeness (QED) is 0.769. The number of benzene rings is 1. The summed E-state index contributed by atoms with van der Waals surface area (Å²) >= 11 is 2.25. The largest absolute Gasteiger partial charge is 0.293 e. The molecule has 1 aromatic carbocycles. The number of nitrogens with one attached hydrogen (secondary N) is 1. The zero-order chi connectivity index (χ0) is 14.7. The summed E-state index contributed by atoms with van der Waals surface area (Å²) in [4.78, 5) is 0. The van der Waals surface area contributed by atoms with Gasteiger partial charge in [0, 0.05) is 25.2 Å². The molecule has 0 spiro atoms. The molecule has 2 aromatic rings. The van der Waals surface area contributed by atoms with Crippen LogP contribution in [0.15, 0.2) is 42.7 Å². The van der Waals surface area contributed by atoms with Crippen LogP contribution in [0.4, 0.5) is 0 Å². The molecule has 108 valence electrons. The van der Waals surface area contributed by atoms with E-state index in [0.717, 1.165) is 28.5 Å². The Morgan fingerprint density at radius 3 is 2.71 bits per heavy atom. The second kappa shape index (κ2) is 6.16. The first kappa shape index (κ1) is 14.5. The Balaban J connectivity index is 1.82. The fourth-order valence-electron chi connectivity index (χ4n) is 2.49. The first-order valence-corrected chi connectivity index (χ1v) is 8.22. The predicted molar refractivity (Wildman–Crippen MR) is 89.5 cm³/mol. The highest BCUT2D eigenvalue weighted by atomic mass is 127. The maximum Gasteiger partial charge on any atom is 0.134 e. The highest BCUT2D eigenvalue weighted by Gasteiger charge is 2.37. The van der Waals surface area contributed by atoms with Crippen molar-refractivity contribution in [2.24, 2.45) is 0 Å². The van der Waals surface area contributed by atoms with E-state index in [1.807, 2.05) is 47.4 Å². The second-order valence-electron chi connectivity index (χ2n) is 5.47. The highest BCUT2D eigenvalue weighted by molar-refractivity contribution is 14.1. The normalized spacial score (nSPS) is 17.1. The lowest BCUT2D eigenvalue weighted by molar-refractivity contribution is 0.361. The maximum atomic E-state index is 9.85. The van der Waals surface area contributed by atoms with Crippen LogP contribution in [0.3, 0.4) is 0 Å². The minimum Gasteiger partial charge on any atom is -0.293 e. The Bertz CT molecular complexity index is 642. The Labute approximate surface area is 138 Å². The van der Waals surface area contributed by atoms with Gasteiger partial charge in [-0.1, -0.05) is 30.3 Å². The minimum atomic E-state index is -0.625. The van der Waals surface area contributed by atoms with Gasteiger partial charge in [0.15, 0.2) is 0 Å². The van der Waals surface area contributed by atoms with Gasteiger partial charge in [-0.15, -0.1) is 0 Å². The van der Waals surface area contributed by atoms with Crippen molar-refractivity contribution >= 4 is 22.6 Å². The fraction of sp³-hybridized carbons (Fsp3) is 0.375. The number of aryl methyl sites for hydroxylation is 1. The van der Waals surface area contributed by atoms with E-state index in [0.29, 0.717) is 12.5 Å². The molecule has 4 nitrogen and oxygen atoms in total. The lowest BCUT2D eigenvalue weighted by Gasteiger charge is -2.28. The van der Waals surface area contributed by atoms with Crippen molar-refractivity contribution in [3.63, 3.8) is 0 Å². The Morgan fingerprint density at radius 2 is 2.14 bits per heavy atom. The van der Waals surface area contributed by atoms with Gasteiger partial charge in [0.2, 0.25) is 0 Å². The van der Waals surface area contributed by atoms with Crippen LogP contribution in [-0.4, -0.2) is 15.8 Å². The third kappa shape index (κ3) is 3.44. The van der Waals surface area contributed by atoms with Crippen molar-refractivity contribution in [2.75, 3.05) is 0 Å².